The van der Waals surface area contributed by atoms with Crippen LogP contribution in [0.1, 0.15) is 57.8 Å². The molecule has 2 aliphatic carbocycles. The van der Waals surface area contributed by atoms with Gasteiger partial charge in [0.25, 0.3) is 0 Å². The number of hydrogen-bond donors (Lipinski definition) is 1. The van der Waals surface area contributed by atoms with Crippen LogP contribution in [-0.2, 0) is 9.53 Å². The Kier molecular flexibility index (Phi) is 5.17. The molecule has 3 rings (SSSR count). The molecule has 0 spiro atoms. The summed E-state index contributed by atoms with van der Waals surface area (Å²) < 4.78 is 4.97. The minimum Gasteiger partial charge on any atom is -0.468 e. The lowest BCUT2D eigenvalue weighted by Crippen LogP contribution is -2.49. The molecule has 0 bridgehead atoms. The smallest absolute Gasteiger partial charge is 0.322 e. The van der Waals surface area contributed by atoms with E-state index in [0.717, 1.165) is 24.9 Å². The van der Waals surface area contributed by atoms with Gasteiger partial charge in [0.1, 0.15) is 6.04 Å². The minimum atomic E-state index is -0.105. The van der Waals surface area contributed by atoms with Crippen LogP contribution in [0.4, 0.5) is 0 Å². The van der Waals surface area contributed by atoms with Gasteiger partial charge in [0.15, 0.2) is 0 Å². The average Bonchev–Trinajstić information content (AvgIpc) is 3.34. The lowest BCUT2D eigenvalue weighted by atomic mass is 9.78. The second kappa shape index (κ2) is 7.10. The monoisotopic (exact) mass is 294 g/mol. The zero-order valence-electron chi connectivity index (χ0n) is 13.4. The number of nitrogens with one attached hydrogen (secondary N) is 1. The van der Waals surface area contributed by atoms with E-state index < -0.39 is 0 Å². The van der Waals surface area contributed by atoms with E-state index in [1.807, 2.05) is 0 Å². The molecule has 1 aliphatic heterocycles. The van der Waals surface area contributed by atoms with Crippen molar-refractivity contribution in [3.05, 3.63) is 0 Å². The summed E-state index contributed by atoms with van der Waals surface area (Å²) in [6, 6.07) is 1.23. The van der Waals surface area contributed by atoms with Crippen LogP contribution in [0.2, 0.25) is 0 Å². The highest BCUT2D eigenvalue weighted by atomic mass is 16.5. The van der Waals surface area contributed by atoms with Gasteiger partial charge in [-0.2, -0.15) is 0 Å². The second-order valence-corrected chi connectivity index (χ2v) is 7.10. The summed E-state index contributed by atoms with van der Waals surface area (Å²) >= 11 is 0. The van der Waals surface area contributed by atoms with E-state index in [2.05, 4.69) is 10.2 Å². The molecule has 3 aliphatic rings. The van der Waals surface area contributed by atoms with E-state index in [1.165, 1.54) is 65.0 Å². The quantitative estimate of drug-likeness (QED) is 0.763. The number of rotatable bonds is 6. The van der Waals surface area contributed by atoms with Crippen molar-refractivity contribution in [1.29, 1.82) is 0 Å². The predicted octanol–water partition coefficient (Wildman–Crippen LogP) is 2.32. The van der Waals surface area contributed by atoms with E-state index in [-0.39, 0.29) is 12.0 Å². The molecule has 0 amide bonds. The molecular weight excluding hydrogens is 264 g/mol. The van der Waals surface area contributed by atoms with Crippen LogP contribution in [0.3, 0.4) is 0 Å². The highest BCUT2D eigenvalue weighted by molar-refractivity contribution is 5.75. The van der Waals surface area contributed by atoms with E-state index >= 15 is 0 Å². The fourth-order valence-electron chi connectivity index (χ4n) is 4.25. The third kappa shape index (κ3) is 3.98. The Morgan fingerprint density at radius 3 is 2.71 bits per heavy atom. The zero-order chi connectivity index (χ0) is 14.7. The molecule has 1 N–H and O–H groups in total. The van der Waals surface area contributed by atoms with Crippen LogP contribution >= 0.6 is 0 Å². The molecule has 0 aromatic rings. The molecule has 0 aromatic heterocycles. The molecule has 1 unspecified atom stereocenters. The summed E-state index contributed by atoms with van der Waals surface area (Å²) in [4.78, 5) is 14.6. The molecule has 2 saturated carbocycles. The standard InChI is InChI=1S/C17H30N2O2/c1-21-17(20)15(18-14-8-9-14)10-12-19-11-4-6-13-5-2-3-7-16(13)19/h13-16,18H,2-12H2,1H3/t13-,15?,16-/m1/s1. The molecule has 1 heterocycles. The maximum Gasteiger partial charge on any atom is 0.322 e. The van der Waals surface area contributed by atoms with Gasteiger partial charge in [-0.15, -0.1) is 0 Å². The van der Waals surface area contributed by atoms with E-state index in [9.17, 15) is 4.79 Å². The Morgan fingerprint density at radius 2 is 1.95 bits per heavy atom. The topological polar surface area (TPSA) is 41.6 Å². The summed E-state index contributed by atoms with van der Waals surface area (Å²) in [5, 5.41) is 3.45. The first-order chi connectivity index (χ1) is 10.3. The Bertz CT molecular complexity index is 355. The number of methoxy groups -OCH3 is 1. The Hall–Kier alpha value is -0.610. The highest BCUT2D eigenvalue weighted by Crippen LogP contribution is 2.35. The molecular formula is C17H30N2O2. The Balaban J connectivity index is 1.52. The largest absolute Gasteiger partial charge is 0.468 e. The van der Waals surface area contributed by atoms with Gasteiger partial charge < -0.3 is 15.0 Å². The molecule has 3 fully saturated rings. The SMILES string of the molecule is COC(=O)C(CCN1CCC[C@H]2CCCC[C@H]21)NC1CC1. The van der Waals surface area contributed by atoms with Crippen molar-refractivity contribution < 1.29 is 9.53 Å². The number of likely N-dealkylation sites (tertiary alicyclic amines) is 1. The van der Waals surface area contributed by atoms with Crippen LogP contribution in [0.25, 0.3) is 0 Å². The van der Waals surface area contributed by atoms with Crippen LogP contribution in [0, 0.1) is 5.92 Å². The fourth-order valence-corrected chi connectivity index (χ4v) is 4.25. The van der Waals surface area contributed by atoms with Crippen molar-refractivity contribution in [2.24, 2.45) is 5.92 Å². The fraction of sp³-hybridized carbons (Fsp3) is 0.941. The number of carbonyl (C=O) groups is 1. The third-order valence-corrected chi connectivity index (χ3v) is 5.56. The average molecular weight is 294 g/mol. The van der Waals surface area contributed by atoms with Gasteiger partial charge in [-0.1, -0.05) is 12.8 Å². The van der Waals surface area contributed by atoms with Gasteiger partial charge in [-0.25, -0.2) is 0 Å². The molecule has 4 nitrogen and oxygen atoms in total. The molecule has 21 heavy (non-hydrogen) atoms. The first kappa shape index (κ1) is 15.3. The van der Waals surface area contributed by atoms with Crippen LogP contribution < -0.4 is 5.32 Å². The number of carbonyl (C=O) groups excluding carboxylic acids is 1. The number of ether oxygens (including phenoxy) is 1. The maximum absolute atomic E-state index is 11.9. The molecule has 4 heteroatoms. The number of fused-ring (bicyclic) bond motifs is 1. The Morgan fingerprint density at radius 1 is 1.19 bits per heavy atom. The zero-order valence-corrected chi connectivity index (χ0v) is 13.4. The van der Waals surface area contributed by atoms with Crippen LogP contribution in [0.5, 0.6) is 0 Å². The van der Waals surface area contributed by atoms with Crippen molar-refractivity contribution in [1.82, 2.24) is 10.2 Å². The van der Waals surface area contributed by atoms with Crippen molar-refractivity contribution in [2.75, 3.05) is 20.2 Å². The van der Waals surface area contributed by atoms with Crippen molar-refractivity contribution in [3.63, 3.8) is 0 Å². The first-order valence-electron chi connectivity index (χ1n) is 8.86. The predicted molar refractivity (Wildman–Crippen MR) is 83.1 cm³/mol. The van der Waals surface area contributed by atoms with Gasteiger partial charge in [0.2, 0.25) is 0 Å². The normalized spacial score (nSPS) is 31.5. The molecule has 0 aromatic carbocycles. The number of hydrogen-bond acceptors (Lipinski definition) is 4. The van der Waals surface area contributed by atoms with Gasteiger partial charge in [-0.3, -0.25) is 4.79 Å². The molecule has 120 valence electrons. The summed E-state index contributed by atoms with van der Waals surface area (Å²) in [6.07, 6.45) is 11.7. The number of nitrogens with zero attached hydrogens (tertiary/aromatic N) is 1. The summed E-state index contributed by atoms with van der Waals surface area (Å²) in [7, 11) is 1.50. The summed E-state index contributed by atoms with van der Waals surface area (Å²) in [5.74, 6) is 0.833. The number of esters is 1. The molecule has 0 radical (unpaired) electrons. The van der Waals surface area contributed by atoms with Crippen LogP contribution in [-0.4, -0.2) is 49.2 Å². The highest BCUT2D eigenvalue weighted by Gasteiger charge is 2.34. The third-order valence-electron chi connectivity index (χ3n) is 5.56. The lowest BCUT2D eigenvalue weighted by molar-refractivity contribution is -0.143. The second-order valence-electron chi connectivity index (χ2n) is 7.10. The van der Waals surface area contributed by atoms with Gasteiger partial charge in [-0.05, 0) is 57.4 Å². The Labute approximate surface area is 128 Å². The summed E-state index contributed by atoms with van der Waals surface area (Å²) in [5.41, 5.74) is 0. The number of piperidine rings is 1. The minimum absolute atomic E-state index is 0.0842. The van der Waals surface area contributed by atoms with E-state index in [1.54, 1.807) is 0 Å². The maximum atomic E-state index is 11.9. The van der Waals surface area contributed by atoms with E-state index in [0.29, 0.717) is 6.04 Å². The van der Waals surface area contributed by atoms with Crippen molar-refractivity contribution >= 4 is 5.97 Å². The van der Waals surface area contributed by atoms with Crippen LogP contribution in [0.15, 0.2) is 0 Å². The lowest BCUT2D eigenvalue weighted by Gasteiger charge is -2.44. The first-order valence-corrected chi connectivity index (χ1v) is 8.86. The van der Waals surface area contributed by atoms with Gasteiger partial charge in [0.05, 0.1) is 7.11 Å². The summed E-state index contributed by atoms with van der Waals surface area (Å²) in [6.45, 7) is 2.26. The molecule has 3 atom stereocenters. The van der Waals surface area contributed by atoms with E-state index in [4.69, 9.17) is 4.74 Å². The van der Waals surface area contributed by atoms with Gasteiger partial charge in [0, 0.05) is 18.6 Å². The molecule has 1 saturated heterocycles. The van der Waals surface area contributed by atoms with Gasteiger partial charge >= 0.3 is 5.97 Å². The van der Waals surface area contributed by atoms with Crippen molar-refractivity contribution in [3.8, 4) is 0 Å². The van der Waals surface area contributed by atoms with Crippen molar-refractivity contribution in [2.45, 2.75) is 75.9 Å².